The third-order valence-corrected chi connectivity index (χ3v) is 7.64. The molecule has 11 heteroatoms. The topological polar surface area (TPSA) is 103 Å². The first kappa shape index (κ1) is 29.3. The number of carbonyl (C=O) groups excluding carboxylic acids is 1. The molecule has 0 spiro atoms. The normalized spacial score (nSPS) is 23.0. The fraction of sp³-hybridized carbons (Fsp3) is 0.419. The van der Waals surface area contributed by atoms with Crippen molar-refractivity contribution in [1.29, 1.82) is 0 Å². The van der Waals surface area contributed by atoms with Gasteiger partial charge in [-0.15, -0.1) is 0 Å². The molecule has 0 radical (unpaired) electrons. The van der Waals surface area contributed by atoms with Crippen LogP contribution in [0.3, 0.4) is 0 Å². The van der Waals surface area contributed by atoms with E-state index >= 15 is 0 Å². The second-order valence-corrected chi connectivity index (χ2v) is 10.5. The van der Waals surface area contributed by atoms with Crippen molar-refractivity contribution < 1.29 is 23.7 Å². The summed E-state index contributed by atoms with van der Waals surface area (Å²) in [5.74, 6) is 1.86. The summed E-state index contributed by atoms with van der Waals surface area (Å²) in [6, 6.07) is 6.11. The van der Waals surface area contributed by atoms with Crippen LogP contribution in [0, 0.1) is 0 Å². The zero-order valence-electron chi connectivity index (χ0n) is 24.7. The summed E-state index contributed by atoms with van der Waals surface area (Å²) in [7, 11) is 1.59. The largest absolute Gasteiger partial charge is 0.496 e. The van der Waals surface area contributed by atoms with Crippen LogP contribution in [0.2, 0.25) is 0 Å². The van der Waals surface area contributed by atoms with Crippen LogP contribution in [0.4, 0.5) is 4.79 Å². The summed E-state index contributed by atoms with van der Waals surface area (Å²) >= 11 is 0. The predicted molar refractivity (Wildman–Crippen MR) is 160 cm³/mol. The summed E-state index contributed by atoms with van der Waals surface area (Å²) in [4.78, 5) is 30.8. The summed E-state index contributed by atoms with van der Waals surface area (Å²) < 4.78 is 23.6. The number of morpholine rings is 2. The Balaban J connectivity index is 1.48. The molecule has 0 amide bonds. The molecule has 0 unspecified atom stereocenters. The monoisotopic (exact) mass is 574 g/mol. The molecular formula is C31H38N6O5. The van der Waals surface area contributed by atoms with Gasteiger partial charge in [0.15, 0.2) is 5.84 Å². The molecule has 2 atom stereocenters. The Labute approximate surface area is 246 Å². The van der Waals surface area contributed by atoms with E-state index in [-0.39, 0.29) is 18.7 Å². The van der Waals surface area contributed by atoms with Gasteiger partial charge in [0.2, 0.25) is 0 Å². The SMILES string of the molecule is C=C(N=C1N=C(c2ccc(OC)c(COC(=O)n3ccnc3)c2)C=C/C1=C(/C)N1CCOC[C@@H]1C)N1CCOC[C@@H]1C. The lowest BCUT2D eigenvalue weighted by atomic mass is 10.0. The van der Waals surface area contributed by atoms with Crippen molar-refractivity contribution in [2.75, 3.05) is 46.6 Å². The number of hydrogen-bond donors (Lipinski definition) is 0. The van der Waals surface area contributed by atoms with E-state index in [1.807, 2.05) is 24.3 Å². The second kappa shape index (κ2) is 13.2. The van der Waals surface area contributed by atoms with Gasteiger partial charge in [-0.05, 0) is 51.1 Å². The smallest absolute Gasteiger partial charge is 0.419 e. The molecular weight excluding hydrogens is 536 g/mol. The van der Waals surface area contributed by atoms with Gasteiger partial charge in [-0.3, -0.25) is 0 Å². The number of imidazole rings is 1. The highest BCUT2D eigenvalue weighted by molar-refractivity contribution is 6.21. The average Bonchev–Trinajstić information content (AvgIpc) is 3.55. The van der Waals surface area contributed by atoms with Crippen LogP contribution in [-0.4, -0.2) is 95.7 Å². The Morgan fingerprint density at radius 2 is 1.86 bits per heavy atom. The summed E-state index contributed by atoms with van der Waals surface area (Å²) in [5.41, 5.74) is 4.32. The van der Waals surface area contributed by atoms with Crippen molar-refractivity contribution >= 4 is 17.6 Å². The molecule has 0 N–H and O–H groups in total. The molecule has 0 saturated carbocycles. The van der Waals surface area contributed by atoms with Crippen LogP contribution in [0.15, 0.2) is 82.7 Å². The van der Waals surface area contributed by atoms with Crippen molar-refractivity contribution in [3.05, 3.63) is 83.9 Å². The van der Waals surface area contributed by atoms with E-state index in [4.69, 9.17) is 28.9 Å². The highest BCUT2D eigenvalue weighted by Gasteiger charge is 2.26. The summed E-state index contributed by atoms with van der Waals surface area (Å²) in [6.07, 6.45) is 7.99. The van der Waals surface area contributed by atoms with Crippen LogP contribution in [-0.2, 0) is 20.8 Å². The Kier molecular flexibility index (Phi) is 9.19. The van der Waals surface area contributed by atoms with Crippen LogP contribution >= 0.6 is 0 Å². The maximum Gasteiger partial charge on any atom is 0.419 e. The van der Waals surface area contributed by atoms with Crippen molar-refractivity contribution in [3.63, 3.8) is 0 Å². The molecule has 2 saturated heterocycles. The lowest BCUT2D eigenvalue weighted by Gasteiger charge is -2.37. The van der Waals surface area contributed by atoms with E-state index in [0.29, 0.717) is 49.4 Å². The van der Waals surface area contributed by atoms with E-state index in [1.54, 1.807) is 7.11 Å². The van der Waals surface area contributed by atoms with E-state index in [0.717, 1.165) is 35.6 Å². The number of aliphatic imine (C=N–C) groups is 2. The Bertz CT molecular complexity index is 1430. The first-order chi connectivity index (χ1) is 20.4. The van der Waals surface area contributed by atoms with E-state index < -0.39 is 6.09 Å². The number of carbonyl (C=O) groups is 1. The first-order valence-electron chi connectivity index (χ1n) is 14.1. The van der Waals surface area contributed by atoms with Crippen molar-refractivity contribution in [3.8, 4) is 5.75 Å². The van der Waals surface area contributed by atoms with Gasteiger partial charge in [-0.25, -0.2) is 24.3 Å². The van der Waals surface area contributed by atoms with Gasteiger partial charge in [0.05, 0.1) is 45.3 Å². The van der Waals surface area contributed by atoms with Crippen molar-refractivity contribution in [1.82, 2.24) is 19.4 Å². The molecule has 2 fully saturated rings. The fourth-order valence-electron chi connectivity index (χ4n) is 5.29. The first-order valence-corrected chi connectivity index (χ1v) is 14.1. The Morgan fingerprint density at radius 1 is 1.12 bits per heavy atom. The molecule has 1 aromatic carbocycles. The highest BCUT2D eigenvalue weighted by atomic mass is 16.6. The number of hydrogen-bond acceptors (Lipinski definition) is 9. The number of rotatable bonds is 7. The molecule has 0 bridgehead atoms. The number of aromatic nitrogens is 2. The van der Waals surface area contributed by atoms with E-state index in [2.05, 4.69) is 48.2 Å². The van der Waals surface area contributed by atoms with Gasteiger partial charge in [0, 0.05) is 53.9 Å². The molecule has 3 aliphatic rings. The fourth-order valence-corrected chi connectivity index (χ4v) is 5.29. The maximum absolute atomic E-state index is 12.4. The van der Waals surface area contributed by atoms with Gasteiger partial charge >= 0.3 is 6.09 Å². The van der Waals surface area contributed by atoms with E-state index in [1.165, 1.54) is 23.3 Å². The number of nitrogens with zero attached hydrogens (tertiary/aromatic N) is 6. The van der Waals surface area contributed by atoms with Crippen molar-refractivity contribution in [2.45, 2.75) is 39.5 Å². The van der Waals surface area contributed by atoms with Crippen LogP contribution in [0.1, 0.15) is 31.9 Å². The minimum Gasteiger partial charge on any atom is -0.496 e. The number of amidine groups is 1. The number of dihydropyridines is 1. The third kappa shape index (κ3) is 6.47. The zero-order chi connectivity index (χ0) is 29.6. The minimum atomic E-state index is -0.525. The van der Waals surface area contributed by atoms with Gasteiger partial charge in [0.25, 0.3) is 0 Å². The molecule has 42 heavy (non-hydrogen) atoms. The molecule has 222 valence electrons. The van der Waals surface area contributed by atoms with Gasteiger partial charge < -0.3 is 28.7 Å². The third-order valence-electron chi connectivity index (χ3n) is 7.64. The standard InChI is InChI=1S/C31H38N6O5/c1-21-17-40-14-12-36(21)23(3)27-7-8-28(34-30(27)33-24(4)37-13-15-41-18-22(37)2)25-6-9-29(39-5)26(16-25)19-42-31(38)35-11-10-32-20-35/h6-11,16,20-22H,4,12-15,17-19H2,1-3,5H3/b27-23+,33-30?/t21-,22-/m0/s1. The van der Waals surface area contributed by atoms with Crippen molar-refractivity contribution in [2.24, 2.45) is 9.98 Å². The zero-order valence-corrected chi connectivity index (χ0v) is 24.7. The van der Waals surface area contributed by atoms with Gasteiger partial charge in [-0.2, -0.15) is 0 Å². The molecule has 0 aliphatic carbocycles. The number of ether oxygens (including phenoxy) is 4. The highest BCUT2D eigenvalue weighted by Crippen LogP contribution is 2.27. The molecule has 4 heterocycles. The molecule has 11 nitrogen and oxygen atoms in total. The number of methoxy groups -OCH3 is 1. The van der Waals surface area contributed by atoms with E-state index in [9.17, 15) is 4.79 Å². The molecule has 2 aromatic rings. The Morgan fingerprint density at radius 3 is 2.52 bits per heavy atom. The van der Waals surface area contributed by atoms with Gasteiger partial charge in [0.1, 0.15) is 24.5 Å². The predicted octanol–water partition coefficient (Wildman–Crippen LogP) is 4.02. The number of benzene rings is 1. The molecule has 3 aliphatic heterocycles. The number of allylic oxidation sites excluding steroid dienone is 2. The minimum absolute atomic E-state index is 0.0247. The van der Waals surface area contributed by atoms with Gasteiger partial charge in [-0.1, -0.05) is 6.58 Å². The quantitative estimate of drug-likeness (QED) is 0.489. The van der Waals surface area contributed by atoms with Crippen LogP contribution in [0.25, 0.3) is 0 Å². The Hall–Kier alpha value is -4.22. The van der Waals surface area contributed by atoms with Crippen LogP contribution in [0.5, 0.6) is 5.75 Å². The lowest BCUT2D eigenvalue weighted by molar-refractivity contribution is 0.0164. The summed E-state index contributed by atoms with van der Waals surface area (Å²) in [5, 5.41) is 0. The lowest BCUT2D eigenvalue weighted by Crippen LogP contribution is -2.43. The average molecular weight is 575 g/mol. The molecule has 5 rings (SSSR count). The molecule has 1 aromatic heterocycles. The second-order valence-electron chi connectivity index (χ2n) is 10.5. The summed E-state index contributed by atoms with van der Waals surface area (Å²) in [6.45, 7) is 14.8. The maximum atomic E-state index is 12.4. The van der Waals surface area contributed by atoms with Crippen LogP contribution < -0.4 is 4.74 Å².